The Morgan fingerprint density at radius 3 is 2.69 bits per heavy atom. The van der Waals surface area contributed by atoms with E-state index in [9.17, 15) is 0 Å². The van der Waals surface area contributed by atoms with Crippen LogP contribution in [0, 0.1) is 0 Å². The van der Waals surface area contributed by atoms with Gasteiger partial charge in [0.1, 0.15) is 0 Å². The summed E-state index contributed by atoms with van der Waals surface area (Å²) >= 11 is 6.00. The molecular weight excluding hydrogens is 218 g/mol. The van der Waals surface area contributed by atoms with Crippen molar-refractivity contribution in [3.8, 4) is 0 Å². The molecule has 1 unspecified atom stereocenters. The third kappa shape index (κ3) is 3.23. The van der Waals surface area contributed by atoms with Gasteiger partial charge in [-0.1, -0.05) is 43.0 Å². The highest BCUT2D eigenvalue weighted by atomic mass is 35.5. The monoisotopic (exact) mass is 237 g/mol. The van der Waals surface area contributed by atoms with Crippen molar-refractivity contribution >= 4 is 11.6 Å². The molecule has 0 radical (unpaired) electrons. The van der Waals surface area contributed by atoms with Crippen LogP contribution in [0.5, 0.6) is 0 Å². The smallest absolute Gasteiger partial charge is 0.0409 e. The molecule has 0 saturated heterocycles. The van der Waals surface area contributed by atoms with Gasteiger partial charge in [-0.3, -0.25) is 0 Å². The van der Waals surface area contributed by atoms with Gasteiger partial charge in [-0.05, 0) is 37.5 Å². The van der Waals surface area contributed by atoms with Crippen LogP contribution < -0.4 is 5.32 Å². The number of halogens is 1. The topological polar surface area (TPSA) is 12.0 Å². The average Bonchev–Trinajstić information content (AvgIpc) is 2.30. The summed E-state index contributed by atoms with van der Waals surface area (Å²) in [5.74, 6) is 0. The van der Waals surface area contributed by atoms with Gasteiger partial charge in [0.15, 0.2) is 0 Å². The van der Waals surface area contributed by atoms with Crippen LogP contribution in [0.25, 0.3) is 0 Å². The Bertz CT molecular complexity index is 331. The zero-order chi connectivity index (χ0) is 11.4. The van der Waals surface area contributed by atoms with Crippen molar-refractivity contribution in [3.05, 3.63) is 34.9 Å². The lowest BCUT2D eigenvalue weighted by atomic mass is 9.94. The van der Waals surface area contributed by atoms with Crippen molar-refractivity contribution in [1.82, 2.24) is 5.32 Å². The van der Waals surface area contributed by atoms with Crippen LogP contribution in [0.4, 0.5) is 0 Å². The van der Waals surface area contributed by atoms with Gasteiger partial charge in [-0.25, -0.2) is 0 Å². The van der Waals surface area contributed by atoms with Crippen molar-refractivity contribution < 1.29 is 0 Å². The standard InChI is InChI=1S/C14H20ClN/c1-11(12-6-5-7-13(15)10-12)16-14-8-3-2-4-9-14/h5-7,10-11,14,16H,2-4,8-9H2,1H3. The summed E-state index contributed by atoms with van der Waals surface area (Å²) in [6.45, 7) is 2.22. The van der Waals surface area contributed by atoms with Gasteiger partial charge in [0.25, 0.3) is 0 Å². The minimum Gasteiger partial charge on any atom is -0.307 e. The van der Waals surface area contributed by atoms with Gasteiger partial charge < -0.3 is 5.32 Å². The van der Waals surface area contributed by atoms with E-state index in [0.717, 1.165) is 5.02 Å². The number of hydrogen-bond acceptors (Lipinski definition) is 1. The fourth-order valence-corrected chi connectivity index (χ4v) is 2.69. The Hall–Kier alpha value is -0.530. The van der Waals surface area contributed by atoms with Crippen LogP contribution in [-0.4, -0.2) is 6.04 Å². The van der Waals surface area contributed by atoms with E-state index in [-0.39, 0.29) is 0 Å². The number of hydrogen-bond donors (Lipinski definition) is 1. The van der Waals surface area contributed by atoms with Crippen molar-refractivity contribution in [1.29, 1.82) is 0 Å². The second-order valence-corrected chi connectivity index (χ2v) is 5.21. The molecule has 1 aliphatic rings. The van der Waals surface area contributed by atoms with Crippen LogP contribution in [0.1, 0.15) is 50.6 Å². The molecule has 1 fully saturated rings. The highest BCUT2D eigenvalue weighted by Gasteiger charge is 2.16. The van der Waals surface area contributed by atoms with Gasteiger partial charge in [-0.2, -0.15) is 0 Å². The molecule has 0 aromatic heterocycles. The summed E-state index contributed by atoms with van der Waals surface area (Å²) in [6, 6.07) is 9.26. The summed E-state index contributed by atoms with van der Waals surface area (Å²) in [4.78, 5) is 0. The summed E-state index contributed by atoms with van der Waals surface area (Å²) in [5, 5.41) is 4.53. The molecule has 1 aliphatic carbocycles. The zero-order valence-corrected chi connectivity index (χ0v) is 10.6. The summed E-state index contributed by atoms with van der Waals surface area (Å²) in [5.41, 5.74) is 1.29. The minimum absolute atomic E-state index is 0.404. The molecule has 1 atom stereocenters. The Kier molecular flexibility index (Phi) is 4.25. The van der Waals surface area contributed by atoms with Crippen LogP contribution in [0.3, 0.4) is 0 Å². The number of benzene rings is 1. The van der Waals surface area contributed by atoms with E-state index in [1.165, 1.54) is 37.7 Å². The van der Waals surface area contributed by atoms with Gasteiger partial charge in [0.05, 0.1) is 0 Å². The first kappa shape index (κ1) is 11.9. The van der Waals surface area contributed by atoms with Crippen LogP contribution in [-0.2, 0) is 0 Å². The molecule has 2 rings (SSSR count). The summed E-state index contributed by atoms with van der Waals surface area (Å²) in [6.07, 6.45) is 6.80. The molecular formula is C14H20ClN. The third-order valence-corrected chi connectivity index (χ3v) is 3.67. The van der Waals surface area contributed by atoms with Gasteiger partial charge in [-0.15, -0.1) is 0 Å². The zero-order valence-electron chi connectivity index (χ0n) is 9.88. The second-order valence-electron chi connectivity index (χ2n) is 4.78. The first-order valence-electron chi connectivity index (χ1n) is 6.27. The molecule has 2 heteroatoms. The lowest BCUT2D eigenvalue weighted by molar-refractivity contribution is 0.347. The average molecular weight is 238 g/mol. The SMILES string of the molecule is CC(NC1CCCCC1)c1cccc(Cl)c1. The van der Waals surface area contributed by atoms with E-state index in [1.54, 1.807) is 0 Å². The van der Waals surface area contributed by atoms with E-state index in [2.05, 4.69) is 24.4 Å². The molecule has 0 spiro atoms. The van der Waals surface area contributed by atoms with Crippen LogP contribution in [0.15, 0.2) is 24.3 Å². The molecule has 0 bridgehead atoms. The Morgan fingerprint density at radius 2 is 2.00 bits per heavy atom. The lowest BCUT2D eigenvalue weighted by Gasteiger charge is -2.26. The highest BCUT2D eigenvalue weighted by Crippen LogP contribution is 2.22. The van der Waals surface area contributed by atoms with Crippen molar-refractivity contribution in [2.75, 3.05) is 0 Å². The number of rotatable bonds is 3. The van der Waals surface area contributed by atoms with E-state index in [0.29, 0.717) is 12.1 Å². The van der Waals surface area contributed by atoms with E-state index < -0.39 is 0 Å². The molecule has 0 heterocycles. The van der Waals surface area contributed by atoms with E-state index in [4.69, 9.17) is 11.6 Å². The molecule has 88 valence electrons. The lowest BCUT2D eigenvalue weighted by Crippen LogP contribution is -2.33. The van der Waals surface area contributed by atoms with Gasteiger partial charge in [0, 0.05) is 17.1 Å². The quantitative estimate of drug-likeness (QED) is 0.826. The van der Waals surface area contributed by atoms with Gasteiger partial charge >= 0.3 is 0 Å². The molecule has 1 saturated carbocycles. The van der Waals surface area contributed by atoms with Gasteiger partial charge in [0.2, 0.25) is 0 Å². The highest BCUT2D eigenvalue weighted by molar-refractivity contribution is 6.30. The molecule has 1 aromatic rings. The maximum atomic E-state index is 6.00. The van der Waals surface area contributed by atoms with E-state index >= 15 is 0 Å². The molecule has 1 aromatic carbocycles. The molecule has 1 N–H and O–H groups in total. The fourth-order valence-electron chi connectivity index (χ4n) is 2.49. The van der Waals surface area contributed by atoms with Crippen LogP contribution in [0.2, 0.25) is 5.02 Å². The first-order valence-corrected chi connectivity index (χ1v) is 6.65. The molecule has 0 aliphatic heterocycles. The van der Waals surface area contributed by atoms with Crippen molar-refractivity contribution in [3.63, 3.8) is 0 Å². The van der Waals surface area contributed by atoms with Crippen molar-refractivity contribution in [2.45, 2.75) is 51.1 Å². The predicted octanol–water partition coefficient (Wildman–Crippen LogP) is 4.32. The Balaban J connectivity index is 1.94. The minimum atomic E-state index is 0.404. The number of nitrogens with one attached hydrogen (secondary N) is 1. The maximum absolute atomic E-state index is 6.00. The largest absolute Gasteiger partial charge is 0.307 e. The maximum Gasteiger partial charge on any atom is 0.0409 e. The van der Waals surface area contributed by atoms with Crippen molar-refractivity contribution in [2.24, 2.45) is 0 Å². The Morgan fingerprint density at radius 1 is 1.25 bits per heavy atom. The summed E-state index contributed by atoms with van der Waals surface area (Å²) < 4.78 is 0. The fraction of sp³-hybridized carbons (Fsp3) is 0.571. The normalized spacial score (nSPS) is 19.6. The molecule has 1 nitrogen and oxygen atoms in total. The van der Waals surface area contributed by atoms with E-state index in [1.807, 2.05) is 12.1 Å². The first-order chi connectivity index (χ1) is 7.75. The van der Waals surface area contributed by atoms with Crippen LogP contribution >= 0.6 is 11.6 Å². The summed E-state index contributed by atoms with van der Waals surface area (Å²) in [7, 11) is 0. The molecule has 0 amide bonds. The second kappa shape index (κ2) is 5.70. The Labute approximate surface area is 103 Å². The third-order valence-electron chi connectivity index (χ3n) is 3.44. The molecule has 16 heavy (non-hydrogen) atoms. The predicted molar refractivity (Wildman–Crippen MR) is 69.9 cm³/mol.